The molecule has 0 spiro atoms. The minimum Gasteiger partial charge on any atom is -0.350 e. The molecule has 0 unspecified atom stereocenters. The zero-order valence-corrected chi connectivity index (χ0v) is 7.11. The molecule has 0 aliphatic heterocycles. The first-order valence-corrected chi connectivity index (χ1v) is 3.84. The fraction of sp³-hybridized carbons (Fsp3) is 0.111. The summed E-state index contributed by atoms with van der Waals surface area (Å²) < 4.78 is 1.16. The Bertz CT molecular complexity index is 473. The number of amides is 1. The van der Waals surface area contributed by atoms with Crippen LogP contribution >= 0.6 is 0 Å². The fourth-order valence-corrected chi connectivity index (χ4v) is 1.26. The van der Waals surface area contributed by atoms with Gasteiger partial charge in [-0.3, -0.25) is 0 Å². The Morgan fingerprint density at radius 3 is 3.15 bits per heavy atom. The summed E-state index contributed by atoms with van der Waals surface area (Å²) in [6.07, 6.45) is 1.61. The van der Waals surface area contributed by atoms with Crippen LogP contribution in [0.2, 0.25) is 0 Å². The maximum atomic E-state index is 10.9. The highest BCUT2D eigenvalue weighted by atomic mass is 16.2. The van der Waals surface area contributed by atoms with Crippen molar-refractivity contribution < 1.29 is 4.79 Å². The van der Waals surface area contributed by atoms with E-state index in [0.29, 0.717) is 5.52 Å². The molecule has 0 bridgehead atoms. The van der Waals surface area contributed by atoms with Gasteiger partial charge in [-0.1, -0.05) is 0 Å². The van der Waals surface area contributed by atoms with Gasteiger partial charge in [-0.15, -0.1) is 0 Å². The number of rotatable bonds is 0. The van der Waals surface area contributed by atoms with Crippen LogP contribution in [0.3, 0.4) is 0 Å². The third kappa shape index (κ3) is 1.16. The lowest BCUT2D eigenvalue weighted by atomic mass is 10.2. The Morgan fingerprint density at radius 1 is 1.69 bits per heavy atom. The Balaban J connectivity index is 2.76. The van der Waals surface area contributed by atoms with E-state index in [0.717, 1.165) is 15.6 Å². The molecule has 0 saturated heterocycles. The summed E-state index contributed by atoms with van der Waals surface area (Å²) in [5, 5.41) is 4.76. The van der Waals surface area contributed by atoms with Crippen molar-refractivity contribution in [3.8, 4) is 0 Å². The normalized spacial score (nSPS) is 10.5. The summed E-state index contributed by atoms with van der Waals surface area (Å²) in [7, 11) is 0. The Hall–Kier alpha value is -1.84. The largest absolute Gasteiger partial charge is 0.350 e. The van der Waals surface area contributed by atoms with Crippen LogP contribution in [0, 0.1) is 13.0 Å². The molecule has 2 N–H and O–H groups in total. The van der Waals surface area contributed by atoms with Gasteiger partial charge in [0.15, 0.2) is 0 Å². The lowest BCUT2D eigenvalue weighted by Gasteiger charge is -1.96. The SMILES string of the molecule is Cc1[c]cc2c(cnn2C(N)=O)c1. The molecule has 1 radical (unpaired) electrons. The summed E-state index contributed by atoms with van der Waals surface area (Å²) in [6, 6.07) is 6.03. The van der Waals surface area contributed by atoms with Crippen LogP contribution in [-0.2, 0) is 0 Å². The average molecular weight is 174 g/mol. The first-order chi connectivity index (χ1) is 6.18. The molecule has 0 aliphatic rings. The highest BCUT2D eigenvalue weighted by molar-refractivity contribution is 5.89. The molecule has 1 aromatic carbocycles. The number of nitrogens with two attached hydrogens (primary N) is 1. The van der Waals surface area contributed by atoms with Gasteiger partial charge in [0.25, 0.3) is 0 Å². The van der Waals surface area contributed by atoms with E-state index in [2.05, 4.69) is 11.2 Å². The molecule has 13 heavy (non-hydrogen) atoms. The van der Waals surface area contributed by atoms with E-state index in [9.17, 15) is 4.79 Å². The third-order valence-corrected chi connectivity index (χ3v) is 1.85. The minimum absolute atomic E-state index is 0.577. The van der Waals surface area contributed by atoms with Gasteiger partial charge in [-0.05, 0) is 30.7 Å². The number of fused-ring (bicyclic) bond motifs is 1. The van der Waals surface area contributed by atoms with Crippen LogP contribution in [-0.4, -0.2) is 15.8 Å². The number of primary amides is 1. The number of aryl methyl sites for hydroxylation is 1. The number of hydrogen-bond donors (Lipinski definition) is 1. The van der Waals surface area contributed by atoms with E-state index < -0.39 is 6.03 Å². The molecule has 4 heteroatoms. The van der Waals surface area contributed by atoms with Crippen LogP contribution in [0.5, 0.6) is 0 Å². The number of aromatic nitrogens is 2. The predicted octanol–water partition coefficient (Wildman–Crippen LogP) is 1.07. The van der Waals surface area contributed by atoms with Crippen molar-refractivity contribution in [1.82, 2.24) is 9.78 Å². The van der Waals surface area contributed by atoms with Gasteiger partial charge in [-0.25, -0.2) is 4.79 Å². The van der Waals surface area contributed by atoms with Crippen molar-refractivity contribution in [2.75, 3.05) is 0 Å². The Kier molecular flexibility index (Phi) is 1.55. The van der Waals surface area contributed by atoms with Crippen LogP contribution in [0.1, 0.15) is 5.56 Å². The van der Waals surface area contributed by atoms with Gasteiger partial charge in [-0.2, -0.15) is 9.78 Å². The second-order valence-electron chi connectivity index (χ2n) is 2.85. The molecule has 2 aromatic rings. The van der Waals surface area contributed by atoms with Crippen molar-refractivity contribution in [3.05, 3.63) is 30.0 Å². The molecule has 0 aliphatic carbocycles. The van der Waals surface area contributed by atoms with Gasteiger partial charge in [0.05, 0.1) is 11.7 Å². The van der Waals surface area contributed by atoms with Crippen LogP contribution in [0.4, 0.5) is 4.79 Å². The predicted molar refractivity (Wildman–Crippen MR) is 48.3 cm³/mol. The lowest BCUT2D eigenvalue weighted by Crippen LogP contribution is -2.20. The monoisotopic (exact) mass is 174 g/mol. The summed E-state index contributed by atoms with van der Waals surface area (Å²) in [5.41, 5.74) is 6.81. The maximum Gasteiger partial charge on any atom is 0.340 e. The van der Waals surface area contributed by atoms with Crippen molar-refractivity contribution in [3.63, 3.8) is 0 Å². The molecular formula is C9H8N3O. The first kappa shape index (κ1) is 7.79. The lowest BCUT2D eigenvalue weighted by molar-refractivity contribution is 0.248. The van der Waals surface area contributed by atoms with E-state index in [-0.39, 0.29) is 0 Å². The Morgan fingerprint density at radius 2 is 2.46 bits per heavy atom. The van der Waals surface area contributed by atoms with E-state index in [4.69, 9.17) is 5.73 Å². The smallest absolute Gasteiger partial charge is 0.340 e. The molecule has 2 rings (SSSR count). The molecule has 4 nitrogen and oxygen atoms in total. The molecular weight excluding hydrogens is 166 g/mol. The van der Waals surface area contributed by atoms with Crippen LogP contribution in [0.25, 0.3) is 10.9 Å². The van der Waals surface area contributed by atoms with Crippen molar-refractivity contribution >= 4 is 16.9 Å². The van der Waals surface area contributed by atoms with Crippen molar-refractivity contribution in [1.29, 1.82) is 0 Å². The molecule has 0 atom stereocenters. The molecule has 0 saturated carbocycles. The molecule has 1 aromatic heterocycles. The van der Waals surface area contributed by atoms with E-state index in [1.807, 2.05) is 13.0 Å². The number of carbonyl (C=O) groups excluding carboxylic acids is 1. The van der Waals surface area contributed by atoms with Gasteiger partial charge >= 0.3 is 6.03 Å². The second-order valence-corrected chi connectivity index (χ2v) is 2.85. The number of benzene rings is 1. The summed E-state index contributed by atoms with van der Waals surface area (Å²) in [5.74, 6) is 0. The van der Waals surface area contributed by atoms with E-state index in [1.54, 1.807) is 12.3 Å². The summed E-state index contributed by atoms with van der Waals surface area (Å²) in [4.78, 5) is 10.9. The topological polar surface area (TPSA) is 60.9 Å². The maximum absolute atomic E-state index is 10.9. The highest BCUT2D eigenvalue weighted by Crippen LogP contribution is 2.13. The summed E-state index contributed by atoms with van der Waals surface area (Å²) in [6.45, 7) is 1.93. The zero-order chi connectivity index (χ0) is 9.42. The quantitative estimate of drug-likeness (QED) is 0.649. The number of hydrogen-bond acceptors (Lipinski definition) is 2. The van der Waals surface area contributed by atoms with Crippen LogP contribution in [0.15, 0.2) is 18.3 Å². The third-order valence-electron chi connectivity index (χ3n) is 1.85. The fourth-order valence-electron chi connectivity index (χ4n) is 1.26. The zero-order valence-electron chi connectivity index (χ0n) is 7.11. The van der Waals surface area contributed by atoms with E-state index >= 15 is 0 Å². The summed E-state index contributed by atoms with van der Waals surface area (Å²) >= 11 is 0. The molecule has 0 fully saturated rings. The van der Waals surface area contributed by atoms with E-state index in [1.165, 1.54) is 0 Å². The van der Waals surface area contributed by atoms with Crippen molar-refractivity contribution in [2.45, 2.75) is 6.92 Å². The highest BCUT2D eigenvalue weighted by Gasteiger charge is 2.05. The van der Waals surface area contributed by atoms with Gasteiger partial charge in [0, 0.05) is 5.39 Å². The van der Waals surface area contributed by atoms with Crippen molar-refractivity contribution in [2.24, 2.45) is 5.73 Å². The van der Waals surface area contributed by atoms with Gasteiger partial charge in [0.2, 0.25) is 0 Å². The molecule has 65 valence electrons. The average Bonchev–Trinajstić information content (AvgIpc) is 2.46. The van der Waals surface area contributed by atoms with Gasteiger partial charge < -0.3 is 5.73 Å². The van der Waals surface area contributed by atoms with Crippen LogP contribution < -0.4 is 5.73 Å². The second kappa shape index (κ2) is 2.58. The Labute approximate surface area is 75.0 Å². The number of nitrogens with zero attached hydrogens (tertiary/aromatic N) is 2. The molecule has 1 heterocycles. The number of carbonyl (C=O) groups is 1. The van der Waals surface area contributed by atoms with Gasteiger partial charge in [0.1, 0.15) is 0 Å². The molecule has 1 amide bonds. The standard InChI is InChI=1S/C9H8N3O/c1-6-2-3-8-7(4-6)5-11-12(8)9(10)13/h3-5H,1H3,(H2,10,13). The minimum atomic E-state index is -0.577. The first-order valence-electron chi connectivity index (χ1n) is 3.84.